The first-order valence-electron chi connectivity index (χ1n) is 6.56. The highest BCUT2D eigenvalue weighted by atomic mass is 32.2. The van der Waals surface area contributed by atoms with Crippen LogP contribution < -0.4 is 15.4 Å². The molecule has 0 saturated carbocycles. The summed E-state index contributed by atoms with van der Waals surface area (Å²) in [5.74, 6) is 1.75. The number of benzene rings is 1. The zero-order valence-corrected chi connectivity index (χ0v) is 12.6. The summed E-state index contributed by atoms with van der Waals surface area (Å²) in [6, 6.07) is 7.14. The maximum Gasteiger partial charge on any atom is 0.343 e. The van der Waals surface area contributed by atoms with E-state index in [4.69, 9.17) is 4.74 Å². The van der Waals surface area contributed by atoms with Crippen LogP contribution in [0.2, 0.25) is 0 Å². The van der Waals surface area contributed by atoms with Crippen LogP contribution in [0.25, 0.3) is 0 Å². The Bertz CT molecular complexity index is 504. The minimum Gasteiger partial charge on any atom is -0.482 e. The lowest BCUT2D eigenvalue weighted by molar-refractivity contribution is -0.142. The fourth-order valence-electron chi connectivity index (χ4n) is 1.82. The Hall–Kier alpha value is -1.73. The van der Waals surface area contributed by atoms with Gasteiger partial charge in [-0.3, -0.25) is 10.1 Å². The van der Waals surface area contributed by atoms with Crippen molar-refractivity contribution in [3.05, 3.63) is 29.8 Å². The molecular weight excluding hydrogens is 292 g/mol. The van der Waals surface area contributed by atoms with Gasteiger partial charge in [-0.2, -0.15) is 0 Å². The lowest BCUT2D eigenvalue weighted by Crippen LogP contribution is -2.41. The molecule has 6 nitrogen and oxygen atoms in total. The molecule has 0 spiro atoms. The third-order valence-electron chi connectivity index (χ3n) is 2.98. The van der Waals surface area contributed by atoms with E-state index in [1.54, 1.807) is 23.9 Å². The van der Waals surface area contributed by atoms with Gasteiger partial charge < -0.3 is 14.8 Å². The lowest BCUT2D eigenvalue weighted by Gasteiger charge is -2.11. The highest BCUT2D eigenvalue weighted by molar-refractivity contribution is 7.99. The maximum absolute atomic E-state index is 11.9. The zero-order valence-electron chi connectivity index (χ0n) is 11.8. The summed E-state index contributed by atoms with van der Waals surface area (Å²) in [7, 11) is 1.31. The fraction of sp³-hybridized carbons (Fsp3) is 0.429. The van der Waals surface area contributed by atoms with Crippen molar-refractivity contribution in [2.24, 2.45) is 0 Å². The number of amides is 1. The van der Waals surface area contributed by atoms with E-state index in [-0.39, 0.29) is 18.6 Å². The summed E-state index contributed by atoms with van der Waals surface area (Å²) >= 11 is 1.71. The van der Waals surface area contributed by atoms with E-state index in [0.717, 1.165) is 17.2 Å². The molecule has 2 N–H and O–H groups in total. The Balaban J connectivity index is 1.82. The maximum atomic E-state index is 11.9. The predicted molar refractivity (Wildman–Crippen MR) is 80.0 cm³/mol. The number of carbonyl (C=O) groups excluding carboxylic acids is 2. The van der Waals surface area contributed by atoms with Gasteiger partial charge in [0.25, 0.3) is 0 Å². The number of carbonyl (C=O) groups is 2. The number of methoxy groups -OCH3 is 1. The van der Waals surface area contributed by atoms with E-state index in [2.05, 4.69) is 15.4 Å². The van der Waals surface area contributed by atoms with Gasteiger partial charge in [0.05, 0.1) is 13.2 Å². The number of thioether (sulfide) groups is 1. The predicted octanol–water partition coefficient (Wildman–Crippen LogP) is 0.517. The average molecular weight is 310 g/mol. The van der Waals surface area contributed by atoms with Gasteiger partial charge in [-0.1, -0.05) is 12.1 Å². The molecule has 1 fully saturated rings. The summed E-state index contributed by atoms with van der Waals surface area (Å²) in [6.07, 6.45) is 0. The van der Waals surface area contributed by atoms with Crippen molar-refractivity contribution in [2.45, 2.75) is 12.6 Å². The van der Waals surface area contributed by atoms with Gasteiger partial charge in [0, 0.05) is 18.2 Å². The molecule has 0 bridgehead atoms. The molecule has 1 aromatic rings. The van der Waals surface area contributed by atoms with Crippen LogP contribution in [0, 0.1) is 0 Å². The molecule has 0 radical (unpaired) electrons. The van der Waals surface area contributed by atoms with Crippen molar-refractivity contribution < 1.29 is 19.1 Å². The van der Waals surface area contributed by atoms with Gasteiger partial charge >= 0.3 is 5.97 Å². The summed E-state index contributed by atoms with van der Waals surface area (Å²) in [5, 5.41) is 6.00. The number of ether oxygens (including phenoxy) is 2. The van der Waals surface area contributed by atoms with E-state index in [9.17, 15) is 9.59 Å². The van der Waals surface area contributed by atoms with Gasteiger partial charge in [-0.05, 0) is 17.7 Å². The van der Waals surface area contributed by atoms with E-state index in [1.807, 2.05) is 12.1 Å². The zero-order chi connectivity index (χ0) is 15.1. The van der Waals surface area contributed by atoms with Crippen molar-refractivity contribution in [1.82, 2.24) is 10.6 Å². The number of nitrogens with one attached hydrogen (secondary N) is 2. The molecule has 1 saturated heterocycles. The molecule has 114 valence electrons. The van der Waals surface area contributed by atoms with Crippen LogP contribution in [0.15, 0.2) is 24.3 Å². The molecule has 1 aromatic carbocycles. The first-order chi connectivity index (χ1) is 10.2. The third-order valence-corrected chi connectivity index (χ3v) is 3.92. The minimum absolute atomic E-state index is 0.000817. The minimum atomic E-state index is -0.432. The molecule has 1 atom stereocenters. The van der Waals surface area contributed by atoms with E-state index < -0.39 is 5.97 Å². The molecule has 0 aliphatic carbocycles. The standard InChI is InChI=1S/C14H18N2O4S/c1-19-13(17)7-20-11-4-2-3-10(5-11)6-15-14(18)12-8-21-9-16-12/h2-5,12,16H,6-9H2,1H3,(H,15,18). The molecule has 1 unspecified atom stereocenters. The molecule has 1 aliphatic heterocycles. The second-order valence-corrected chi connectivity index (χ2v) is 5.53. The normalized spacial score (nSPS) is 17.3. The molecular formula is C14H18N2O4S. The van der Waals surface area contributed by atoms with Crippen molar-refractivity contribution in [2.75, 3.05) is 25.3 Å². The highest BCUT2D eigenvalue weighted by Crippen LogP contribution is 2.14. The Labute approximate surface area is 127 Å². The quantitative estimate of drug-likeness (QED) is 0.746. The monoisotopic (exact) mass is 310 g/mol. The van der Waals surface area contributed by atoms with E-state index in [1.165, 1.54) is 7.11 Å². The lowest BCUT2D eigenvalue weighted by atomic mass is 10.2. The highest BCUT2D eigenvalue weighted by Gasteiger charge is 2.21. The van der Waals surface area contributed by atoms with Gasteiger partial charge in [-0.25, -0.2) is 4.79 Å². The molecule has 1 amide bonds. The van der Waals surface area contributed by atoms with Gasteiger partial charge in [0.1, 0.15) is 5.75 Å². The van der Waals surface area contributed by atoms with Gasteiger partial charge in [0.2, 0.25) is 5.91 Å². The smallest absolute Gasteiger partial charge is 0.343 e. The summed E-state index contributed by atoms with van der Waals surface area (Å²) in [5.41, 5.74) is 0.913. The van der Waals surface area contributed by atoms with Crippen LogP contribution in [0.1, 0.15) is 5.56 Å². The van der Waals surface area contributed by atoms with E-state index >= 15 is 0 Å². The van der Waals surface area contributed by atoms with Crippen LogP contribution in [0.3, 0.4) is 0 Å². The van der Waals surface area contributed by atoms with Crippen LogP contribution in [0.5, 0.6) is 5.75 Å². The Kier molecular flexibility index (Phi) is 5.89. The van der Waals surface area contributed by atoms with Crippen molar-refractivity contribution in [3.8, 4) is 5.75 Å². The van der Waals surface area contributed by atoms with Crippen LogP contribution in [-0.2, 0) is 20.9 Å². The van der Waals surface area contributed by atoms with Gasteiger partial charge in [0.15, 0.2) is 6.61 Å². The molecule has 0 aromatic heterocycles. The van der Waals surface area contributed by atoms with Crippen LogP contribution >= 0.6 is 11.8 Å². The largest absolute Gasteiger partial charge is 0.482 e. The fourth-order valence-corrected chi connectivity index (χ4v) is 2.76. The molecule has 21 heavy (non-hydrogen) atoms. The Morgan fingerprint density at radius 3 is 3.05 bits per heavy atom. The SMILES string of the molecule is COC(=O)COc1cccc(CNC(=O)C2CSCN2)c1. The van der Waals surface area contributed by atoms with Crippen LogP contribution in [-0.4, -0.2) is 43.3 Å². The molecule has 1 heterocycles. The Morgan fingerprint density at radius 2 is 2.33 bits per heavy atom. The second kappa shape index (κ2) is 7.90. The number of hydrogen-bond donors (Lipinski definition) is 2. The van der Waals surface area contributed by atoms with Crippen LogP contribution in [0.4, 0.5) is 0 Å². The van der Waals surface area contributed by atoms with Gasteiger partial charge in [-0.15, -0.1) is 11.8 Å². The summed E-state index contributed by atoms with van der Waals surface area (Å²) < 4.78 is 9.81. The average Bonchev–Trinajstić information content (AvgIpc) is 3.05. The Morgan fingerprint density at radius 1 is 1.48 bits per heavy atom. The number of rotatable bonds is 6. The van der Waals surface area contributed by atoms with E-state index in [0.29, 0.717) is 12.3 Å². The molecule has 7 heteroatoms. The first kappa shape index (κ1) is 15.7. The van der Waals surface area contributed by atoms with Crippen molar-refractivity contribution in [1.29, 1.82) is 0 Å². The van der Waals surface area contributed by atoms with Crippen molar-refractivity contribution in [3.63, 3.8) is 0 Å². The topological polar surface area (TPSA) is 76.7 Å². The number of hydrogen-bond acceptors (Lipinski definition) is 6. The second-order valence-electron chi connectivity index (χ2n) is 4.50. The van der Waals surface area contributed by atoms with Crippen molar-refractivity contribution >= 4 is 23.6 Å². The molecule has 2 rings (SSSR count). The summed E-state index contributed by atoms with van der Waals surface area (Å²) in [4.78, 5) is 22.9. The summed E-state index contributed by atoms with van der Waals surface area (Å²) in [6.45, 7) is 0.298. The first-order valence-corrected chi connectivity index (χ1v) is 7.72. The third kappa shape index (κ3) is 4.95. The molecule has 1 aliphatic rings. The number of esters is 1.